The molecular weight excluding hydrogens is 691 g/mol. The van der Waals surface area contributed by atoms with Gasteiger partial charge in [0.25, 0.3) is 5.91 Å². The maximum Gasteiger partial charge on any atom is 0.387 e. The number of thioether (sulfide) groups is 1. The van der Waals surface area contributed by atoms with Gasteiger partial charge in [-0.05, 0) is 74.1 Å². The highest BCUT2D eigenvalue weighted by Crippen LogP contribution is 2.43. The molecule has 4 aromatic carbocycles. The van der Waals surface area contributed by atoms with Gasteiger partial charge in [-0.2, -0.15) is 20.5 Å². The van der Waals surface area contributed by atoms with E-state index in [1.807, 2.05) is 86.2 Å². The predicted molar refractivity (Wildman–Crippen MR) is 210 cm³/mol. The van der Waals surface area contributed by atoms with Crippen LogP contribution in [0.15, 0.2) is 122 Å². The van der Waals surface area contributed by atoms with E-state index in [4.69, 9.17) is 14.7 Å². The zero-order valence-corrected chi connectivity index (χ0v) is 30.9. The molecule has 8 nitrogen and oxygen atoms in total. The predicted octanol–water partition coefficient (Wildman–Crippen LogP) is 8.98. The number of hydrogen-bond donors (Lipinski definition) is 3. The molecule has 0 aliphatic heterocycles. The van der Waals surface area contributed by atoms with E-state index in [0.29, 0.717) is 23.4 Å². The molecule has 6 rings (SSSR count). The minimum absolute atomic E-state index is 0.0677. The molecule has 2 aromatic heterocycles. The zero-order chi connectivity index (χ0) is 37.6. The molecule has 0 unspecified atom stereocenters. The van der Waals surface area contributed by atoms with Crippen LogP contribution in [0.4, 0.5) is 14.5 Å². The van der Waals surface area contributed by atoms with Crippen molar-refractivity contribution in [3.63, 3.8) is 0 Å². The van der Waals surface area contributed by atoms with Crippen LogP contribution in [0.1, 0.15) is 65.5 Å². The number of carbonyl (C=O) groups is 1. The molecule has 0 bridgehead atoms. The van der Waals surface area contributed by atoms with Crippen molar-refractivity contribution in [3.05, 3.63) is 155 Å². The number of nitrogens with zero attached hydrogens (tertiary/aromatic N) is 3. The Morgan fingerprint density at radius 2 is 1.47 bits per heavy atom. The van der Waals surface area contributed by atoms with Gasteiger partial charge in [-0.1, -0.05) is 91.0 Å². The van der Waals surface area contributed by atoms with Crippen LogP contribution < -0.4 is 15.4 Å². The van der Waals surface area contributed by atoms with Gasteiger partial charge in [0.05, 0.1) is 17.5 Å². The summed E-state index contributed by atoms with van der Waals surface area (Å²) < 4.78 is 33.3. The Kier molecular flexibility index (Phi) is 11.2. The lowest BCUT2D eigenvalue weighted by atomic mass is 9.76. The number of carbonyl (C=O) groups excluding carboxylic acids is 1. The third kappa shape index (κ3) is 7.95. The Morgan fingerprint density at radius 1 is 0.887 bits per heavy atom. The van der Waals surface area contributed by atoms with Crippen molar-refractivity contribution in [2.24, 2.45) is 0 Å². The molecule has 0 fully saturated rings. The second-order valence-corrected chi connectivity index (χ2v) is 14.6. The van der Waals surface area contributed by atoms with E-state index < -0.39 is 17.7 Å². The molecule has 0 saturated heterocycles. The summed E-state index contributed by atoms with van der Waals surface area (Å²) in [5.41, 5.74) is 3.19. The quantitative estimate of drug-likeness (QED) is 0.0587. The zero-order valence-electron chi connectivity index (χ0n) is 30.1. The van der Waals surface area contributed by atoms with Crippen LogP contribution in [-0.2, 0) is 5.54 Å². The number of fused-ring (bicyclic) bond motifs is 1. The van der Waals surface area contributed by atoms with Crippen molar-refractivity contribution in [2.75, 3.05) is 23.9 Å². The summed E-state index contributed by atoms with van der Waals surface area (Å²) in [5.74, 6) is 0.491. The molecule has 3 N–H and O–H groups in total. The van der Waals surface area contributed by atoms with Crippen LogP contribution in [-0.4, -0.2) is 56.9 Å². The van der Waals surface area contributed by atoms with Crippen LogP contribution in [0.5, 0.6) is 5.75 Å². The Morgan fingerprint density at radius 3 is 2.00 bits per heavy atom. The fraction of sp³-hybridized carbons (Fsp3) is 0.238. The van der Waals surface area contributed by atoms with E-state index in [1.165, 1.54) is 18.3 Å². The number of halogens is 2. The van der Waals surface area contributed by atoms with Gasteiger partial charge in [0.15, 0.2) is 5.65 Å². The van der Waals surface area contributed by atoms with Crippen molar-refractivity contribution in [1.29, 1.82) is 5.41 Å². The van der Waals surface area contributed by atoms with Gasteiger partial charge >= 0.3 is 6.61 Å². The van der Waals surface area contributed by atoms with Gasteiger partial charge in [0.1, 0.15) is 22.5 Å². The van der Waals surface area contributed by atoms with E-state index in [1.54, 1.807) is 24.0 Å². The maximum atomic E-state index is 14.2. The first-order valence-electron chi connectivity index (χ1n) is 17.3. The van der Waals surface area contributed by atoms with Crippen LogP contribution in [0, 0.1) is 5.41 Å². The normalized spacial score (nSPS) is 11.8. The number of amides is 1. The molecule has 0 saturated carbocycles. The molecule has 0 spiro atoms. The minimum atomic E-state index is -3.03. The largest absolute Gasteiger partial charge is 0.435 e. The molecule has 0 aliphatic carbocycles. The summed E-state index contributed by atoms with van der Waals surface area (Å²) in [4.78, 5) is 24.1. The van der Waals surface area contributed by atoms with E-state index in [-0.39, 0.29) is 34.1 Å². The lowest BCUT2D eigenvalue weighted by Gasteiger charge is -2.38. The molecule has 0 aliphatic rings. The highest BCUT2D eigenvalue weighted by Gasteiger charge is 2.41. The maximum absolute atomic E-state index is 14.2. The summed E-state index contributed by atoms with van der Waals surface area (Å²) in [6.07, 6.45) is 6.18. The monoisotopic (exact) mass is 732 g/mol. The number of alkyl halides is 2. The van der Waals surface area contributed by atoms with Crippen LogP contribution in [0.3, 0.4) is 0 Å². The molecule has 53 heavy (non-hydrogen) atoms. The molecule has 1 amide bonds. The van der Waals surface area contributed by atoms with E-state index in [2.05, 4.69) is 47.0 Å². The fourth-order valence-corrected chi connectivity index (χ4v) is 6.97. The third-order valence-electron chi connectivity index (χ3n) is 8.75. The first kappa shape index (κ1) is 37.2. The number of nitrogens with one attached hydrogen (secondary N) is 3. The number of benzene rings is 4. The number of rotatable bonds is 14. The smallest absolute Gasteiger partial charge is 0.387 e. The van der Waals surface area contributed by atoms with Gasteiger partial charge < -0.3 is 19.9 Å². The van der Waals surface area contributed by atoms with Crippen molar-refractivity contribution in [3.8, 4) is 5.75 Å². The van der Waals surface area contributed by atoms with Crippen molar-refractivity contribution in [1.82, 2.24) is 19.9 Å². The molecular formula is C42H42F2N6O2S. The minimum Gasteiger partial charge on any atom is -0.435 e. The molecule has 6 aromatic rings. The number of hydrogen-bond acceptors (Lipinski definition) is 7. The Bertz CT molecular complexity index is 2090. The lowest BCUT2D eigenvalue weighted by molar-refractivity contribution is -0.0498. The second-order valence-electron chi connectivity index (χ2n) is 13.6. The summed E-state index contributed by atoms with van der Waals surface area (Å²) in [5, 5.41) is 15.8. The van der Waals surface area contributed by atoms with Crippen molar-refractivity contribution >= 4 is 40.2 Å². The number of anilines is 1. The Hall–Kier alpha value is -5.55. The van der Waals surface area contributed by atoms with Crippen molar-refractivity contribution in [2.45, 2.75) is 44.9 Å². The fourth-order valence-electron chi connectivity index (χ4n) is 6.53. The number of ether oxygens (including phenoxy) is 1. The van der Waals surface area contributed by atoms with Gasteiger partial charge in [-0.15, -0.1) is 0 Å². The van der Waals surface area contributed by atoms with Gasteiger partial charge in [-0.3, -0.25) is 10.2 Å². The van der Waals surface area contributed by atoms with E-state index in [9.17, 15) is 19.0 Å². The van der Waals surface area contributed by atoms with E-state index in [0.717, 1.165) is 28.9 Å². The molecule has 2 heterocycles. The number of aromatic nitrogens is 3. The van der Waals surface area contributed by atoms with Gasteiger partial charge in [0.2, 0.25) is 0 Å². The van der Waals surface area contributed by atoms with Gasteiger partial charge in [-0.25, -0.2) is 9.97 Å². The Balaban J connectivity index is 1.60. The lowest BCUT2D eigenvalue weighted by Crippen LogP contribution is -2.40. The summed E-state index contributed by atoms with van der Waals surface area (Å²) in [7, 11) is 0. The summed E-state index contributed by atoms with van der Waals surface area (Å²) in [6, 6.07) is 34.6. The van der Waals surface area contributed by atoms with Crippen LogP contribution >= 0.6 is 11.8 Å². The molecule has 0 atom stereocenters. The SMILES string of the molecule is CSCCCNc1ccc(OC(F)F)cc1C(=N)c1cnc2c(n1)c(C(=O)NC(C)(C)C)cn2C(c1ccccc1)(c1ccccc1)c1ccccc1. The second kappa shape index (κ2) is 16.0. The molecule has 11 heteroatoms. The average Bonchev–Trinajstić information content (AvgIpc) is 3.54. The topological polar surface area (TPSA) is 105 Å². The van der Waals surface area contributed by atoms with E-state index >= 15 is 0 Å². The molecule has 272 valence electrons. The third-order valence-corrected chi connectivity index (χ3v) is 9.44. The standard InChI is InChI=1S/C42H42F2N6O2S/c1-41(2,3)49-39(51)33-27-50(42(28-15-8-5-9-16-28,29-17-10-6-11-18-29)30-19-12-7-13-20-30)38-37(33)48-35(26-47-38)36(45)32-25-31(52-40(43)44)21-22-34(32)46-23-14-24-53-4/h5-13,15-22,25-27,40,45-46H,14,23-24H2,1-4H3,(H,49,51). The van der Waals surface area contributed by atoms with Gasteiger partial charge in [0, 0.05) is 29.5 Å². The summed E-state index contributed by atoms with van der Waals surface area (Å²) >= 11 is 1.72. The van der Waals surface area contributed by atoms with Crippen molar-refractivity contribution < 1.29 is 18.3 Å². The van der Waals surface area contributed by atoms with Crippen LogP contribution in [0.2, 0.25) is 0 Å². The summed E-state index contributed by atoms with van der Waals surface area (Å²) in [6.45, 7) is 3.29. The average molecular weight is 733 g/mol. The highest BCUT2D eigenvalue weighted by atomic mass is 32.2. The Labute approximate surface area is 312 Å². The van der Waals surface area contributed by atoms with Crippen LogP contribution in [0.25, 0.3) is 11.2 Å². The molecule has 0 radical (unpaired) electrons. The first-order valence-corrected chi connectivity index (χ1v) is 18.7. The first-order chi connectivity index (χ1) is 25.5. The highest BCUT2D eigenvalue weighted by molar-refractivity contribution is 7.98.